The van der Waals surface area contributed by atoms with Gasteiger partial charge in [-0.05, 0) is 72.9 Å². The number of rotatable bonds is 12. The number of allylic oxidation sites excluding steroid dienone is 2. The summed E-state index contributed by atoms with van der Waals surface area (Å²) >= 11 is 0. The molecule has 1 heterocycles. The summed E-state index contributed by atoms with van der Waals surface area (Å²) in [6.07, 6.45) is 13.3. The molecule has 8 heteroatoms. The number of fused-ring (bicyclic) bond motifs is 1. The number of carbonyl (C=O) groups is 2. The van der Waals surface area contributed by atoms with Crippen LogP contribution in [0, 0.1) is 17.8 Å². The van der Waals surface area contributed by atoms with Gasteiger partial charge in [0, 0.05) is 25.2 Å². The lowest BCUT2D eigenvalue weighted by Gasteiger charge is -2.46. The minimum absolute atomic E-state index is 0.0677. The number of ether oxygens (including phenoxy) is 2. The lowest BCUT2D eigenvalue weighted by atomic mass is 9.66. The van der Waals surface area contributed by atoms with E-state index >= 15 is 0 Å². The first kappa shape index (κ1) is 37.2. The first-order valence-corrected chi connectivity index (χ1v) is 23.2. The lowest BCUT2D eigenvalue weighted by Crippen LogP contribution is -2.48. The van der Waals surface area contributed by atoms with Crippen molar-refractivity contribution in [2.45, 2.75) is 174 Å². The highest BCUT2D eigenvalue weighted by atomic mass is 28.4. The summed E-state index contributed by atoms with van der Waals surface area (Å²) in [6.45, 7) is 27.0. The van der Waals surface area contributed by atoms with Gasteiger partial charge in [-0.15, -0.1) is 0 Å². The molecule has 1 aliphatic heterocycles. The zero-order chi connectivity index (χ0) is 33.1. The van der Waals surface area contributed by atoms with E-state index in [9.17, 15) is 9.59 Å². The maximum Gasteiger partial charge on any atom is 0.308 e. The molecule has 1 saturated heterocycles. The van der Waals surface area contributed by atoms with Crippen LogP contribution in [0.4, 0.5) is 0 Å². The summed E-state index contributed by atoms with van der Waals surface area (Å²) in [6, 6.07) is 0. The van der Waals surface area contributed by atoms with Crippen LogP contribution in [0.25, 0.3) is 0 Å². The Hall–Kier alpha value is -1.23. The first-order chi connectivity index (χ1) is 20.2. The molecule has 1 fully saturated rings. The van der Waals surface area contributed by atoms with Gasteiger partial charge in [0.15, 0.2) is 16.6 Å². The van der Waals surface area contributed by atoms with E-state index in [0.717, 1.165) is 38.5 Å². The number of hydrogen-bond donors (Lipinski definition) is 0. The van der Waals surface area contributed by atoms with Gasteiger partial charge in [-0.1, -0.05) is 86.5 Å². The molecule has 0 amide bonds. The SMILES string of the molecule is CCCCCC(=O)OC1CC(O[Si](C)(C)C(C)(C)C)C=C2C=CC(C)C(CCC3CC(O[Si](C)(C)C(C)(C)C)CC(=O)O3)C21. The number of carbonyl (C=O) groups excluding carboxylic acids is 2. The number of hydrogen-bond acceptors (Lipinski definition) is 6. The third-order valence-corrected chi connectivity index (χ3v) is 20.2. The van der Waals surface area contributed by atoms with Crippen molar-refractivity contribution in [1.82, 2.24) is 0 Å². The van der Waals surface area contributed by atoms with Crippen LogP contribution in [-0.2, 0) is 27.9 Å². The average molecular weight is 649 g/mol. The Labute approximate surface area is 271 Å². The summed E-state index contributed by atoms with van der Waals surface area (Å²) in [4.78, 5) is 25.8. The summed E-state index contributed by atoms with van der Waals surface area (Å²) in [5, 5.41) is 0.185. The van der Waals surface area contributed by atoms with E-state index in [1.807, 2.05) is 0 Å². The first-order valence-electron chi connectivity index (χ1n) is 17.4. The molecule has 0 aromatic carbocycles. The van der Waals surface area contributed by atoms with E-state index in [4.69, 9.17) is 18.3 Å². The molecule has 0 bridgehead atoms. The fraction of sp³-hybridized carbons (Fsp3) is 0.833. The molecular weight excluding hydrogens is 585 g/mol. The molecule has 0 aromatic heterocycles. The van der Waals surface area contributed by atoms with Gasteiger partial charge in [-0.2, -0.15) is 0 Å². The molecule has 3 rings (SSSR count). The van der Waals surface area contributed by atoms with Gasteiger partial charge in [-0.3, -0.25) is 9.59 Å². The highest BCUT2D eigenvalue weighted by Gasteiger charge is 2.46. The van der Waals surface area contributed by atoms with Gasteiger partial charge in [0.05, 0.1) is 18.6 Å². The second-order valence-electron chi connectivity index (χ2n) is 16.8. The van der Waals surface area contributed by atoms with Crippen LogP contribution in [0.5, 0.6) is 0 Å². The Morgan fingerprint density at radius 3 is 2.20 bits per heavy atom. The lowest BCUT2D eigenvalue weighted by molar-refractivity contribution is -0.161. The molecule has 252 valence electrons. The Kier molecular flexibility index (Phi) is 12.4. The second kappa shape index (κ2) is 14.7. The third-order valence-electron chi connectivity index (χ3n) is 11.2. The van der Waals surface area contributed by atoms with Gasteiger partial charge >= 0.3 is 11.9 Å². The zero-order valence-corrected chi connectivity index (χ0v) is 32.1. The van der Waals surface area contributed by atoms with Gasteiger partial charge in [0.25, 0.3) is 0 Å². The summed E-state index contributed by atoms with van der Waals surface area (Å²) in [5.74, 6) is 0.486. The van der Waals surface area contributed by atoms with Crippen molar-refractivity contribution in [1.29, 1.82) is 0 Å². The van der Waals surface area contributed by atoms with E-state index in [2.05, 4.69) is 99.8 Å². The van der Waals surface area contributed by atoms with Crippen molar-refractivity contribution < 1.29 is 27.9 Å². The summed E-state index contributed by atoms with van der Waals surface area (Å²) < 4.78 is 25.8. The van der Waals surface area contributed by atoms with E-state index in [1.54, 1.807) is 0 Å². The van der Waals surface area contributed by atoms with Crippen LogP contribution in [0.1, 0.15) is 113 Å². The van der Waals surface area contributed by atoms with Crippen molar-refractivity contribution in [3.63, 3.8) is 0 Å². The third kappa shape index (κ3) is 9.65. The van der Waals surface area contributed by atoms with Crippen LogP contribution >= 0.6 is 0 Å². The quantitative estimate of drug-likeness (QED) is 0.119. The van der Waals surface area contributed by atoms with Crippen molar-refractivity contribution in [3.8, 4) is 0 Å². The Morgan fingerprint density at radius 2 is 1.59 bits per heavy atom. The van der Waals surface area contributed by atoms with Crippen LogP contribution in [0.3, 0.4) is 0 Å². The van der Waals surface area contributed by atoms with E-state index in [0.29, 0.717) is 25.2 Å². The smallest absolute Gasteiger partial charge is 0.308 e. The largest absolute Gasteiger partial charge is 0.462 e. The molecule has 2 aliphatic carbocycles. The van der Waals surface area contributed by atoms with E-state index in [1.165, 1.54) is 5.57 Å². The molecule has 0 radical (unpaired) electrons. The fourth-order valence-electron chi connectivity index (χ4n) is 6.44. The van der Waals surface area contributed by atoms with E-state index < -0.39 is 16.6 Å². The Bertz CT molecular complexity index is 1050. The highest BCUT2D eigenvalue weighted by molar-refractivity contribution is 6.74. The zero-order valence-electron chi connectivity index (χ0n) is 30.1. The average Bonchev–Trinajstić information content (AvgIpc) is 2.86. The standard InChI is InChI=1S/C36H64O6Si2/c1-13-14-15-16-32(37)40-31-23-28(41-43(9,10)35(3,4)5)21-26-18-17-25(2)30(34(26)31)20-19-27-22-29(24-33(38)39-27)42-44(11,12)36(6,7)8/h17-18,21,25,27-31,34H,13-16,19-20,22-24H2,1-12H3. The minimum Gasteiger partial charge on any atom is -0.462 e. The molecule has 44 heavy (non-hydrogen) atoms. The van der Waals surface area contributed by atoms with Crippen LogP contribution < -0.4 is 0 Å². The van der Waals surface area contributed by atoms with Gasteiger partial charge in [0.1, 0.15) is 12.2 Å². The number of unbranched alkanes of at least 4 members (excludes halogenated alkanes) is 2. The molecule has 7 unspecified atom stereocenters. The van der Waals surface area contributed by atoms with E-state index in [-0.39, 0.29) is 58.3 Å². The number of cyclic esters (lactones) is 1. The van der Waals surface area contributed by atoms with Crippen molar-refractivity contribution in [3.05, 3.63) is 23.8 Å². The van der Waals surface area contributed by atoms with Crippen molar-refractivity contribution in [2.24, 2.45) is 17.8 Å². The molecule has 3 aliphatic rings. The van der Waals surface area contributed by atoms with Crippen LogP contribution in [-0.4, -0.2) is 53.0 Å². The fourth-order valence-corrected chi connectivity index (χ4v) is 9.08. The monoisotopic (exact) mass is 648 g/mol. The second-order valence-corrected chi connectivity index (χ2v) is 26.4. The van der Waals surface area contributed by atoms with Crippen molar-refractivity contribution in [2.75, 3.05) is 0 Å². The molecule has 7 atom stereocenters. The molecule has 6 nitrogen and oxygen atoms in total. The van der Waals surface area contributed by atoms with Crippen LogP contribution in [0.15, 0.2) is 23.8 Å². The molecular formula is C36H64O6Si2. The predicted octanol–water partition coefficient (Wildman–Crippen LogP) is 9.51. The Balaban J connectivity index is 1.80. The van der Waals surface area contributed by atoms with Gasteiger partial charge < -0.3 is 18.3 Å². The van der Waals surface area contributed by atoms with Gasteiger partial charge in [-0.25, -0.2) is 0 Å². The Morgan fingerprint density at radius 1 is 0.955 bits per heavy atom. The van der Waals surface area contributed by atoms with Gasteiger partial charge in [0.2, 0.25) is 0 Å². The normalized spacial score (nSPS) is 30.0. The molecule has 0 spiro atoms. The topological polar surface area (TPSA) is 71.1 Å². The molecule has 0 N–H and O–H groups in total. The summed E-state index contributed by atoms with van der Waals surface area (Å²) in [7, 11) is -4.02. The number of esters is 2. The van der Waals surface area contributed by atoms with Crippen molar-refractivity contribution >= 4 is 28.6 Å². The van der Waals surface area contributed by atoms with Crippen LogP contribution in [0.2, 0.25) is 36.3 Å². The maximum absolute atomic E-state index is 13.1. The highest BCUT2D eigenvalue weighted by Crippen LogP contribution is 2.47. The maximum atomic E-state index is 13.1. The minimum atomic E-state index is -2.02. The predicted molar refractivity (Wildman–Crippen MR) is 184 cm³/mol. The molecule has 0 saturated carbocycles. The summed E-state index contributed by atoms with van der Waals surface area (Å²) in [5.41, 5.74) is 1.23. The molecule has 0 aromatic rings.